The van der Waals surface area contributed by atoms with Crippen LogP contribution in [0.5, 0.6) is 0 Å². The van der Waals surface area contributed by atoms with Crippen LogP contribution >= 0.6 is 0 Å². The maximum Gasteiger partial charge on any atom is 0.331 e. The van der Waals surface area contributed by atoms with Gasteiger partial charge in [0.2, 0.25) is 0 Å². The van der Waals surface area contributed by atoms with Crippen LogP contribution in [0.25, 0.3) is 0 Å². The monoisotopic (exact) mass is 411 g/mol. The molecule has 0 saturated carbocycles. The maximum atomic E-state index is 12.8. The zero-order valence-corrected chi connectivity index (χ0v) is 18.2. The number of urea groups is 1. The molecule has 4 rings (SSSR count). The van der Waals surface area contributed by atoms with E-state index in [2.05, 4.69) is 27.1 Å². The van der Waals surface area contributed by atoms with Crippen LogP contribution in [0.4, 0.5) is 10.5 Å². The normalized spacial score (nSPS) is 15.9. The largest absolute Gasteiger partial charge is 0.331 e. The van der Waals surface area contributed by atoms with Crippen LogP contribution in [0.3, 0.4) is 0 Å². The molecule has 29 heavy (non-hydrogen) atoms. The molecule has 2 aromatic rings. The Hall–Kier alpha value is -2.18. The number of hydrogen-bond donors (Lipinski definition) is 2. The Kier molecular flexibility index (Phi) is 5.74. The molecule has 2 N–H and O–H groups in total. The Bertz CT molecular complexity index is 952. The molecule has 2 amide bonds. The third-order valence-electron chi connectivity index (χ3n) is 5.72. The van der Waals surface area contributed by atoms with Crippen molar-refractivity contribution in [2.75, 3.05) is 19.4 Å². The van der Waals surface area contributed by atoms with Crippen LogP contribution in [0.2, 0.25) is 0 Å². The standard InChI is InChI=1S/C23H29N3O2S/c1-15-10-16(14-26(2)3)12-19(11-15)29(28)25-23(27)24-22-20-8-4-6-17(20)13-18-7-5-9-21(18)22/h10-13H,4-9,14H2,1-3H3,(H2,24,25,27). The molecule has 0 bridgehead atoms. The average molecular weight is 412 g/mol. The summed E-state index contributed by atoms with van der Waals surface area (Å²) in [4.78, 5) is 15.4. The summed E-state index contributed by atoms with van der Waals surface area (Å²) < 4.78 is 15.5. The molecule has 0 aliphatic heterocycles. The van der Waals surface area contributed by atoms with E-state index in [1.54, 1.807) is 0 Å². The number of carbonyl (C=O) groups is 1. The lowest BCUT2D eigenvalue weighted by atomic mass is 9.99. The van der Waals surface area contributed by atoms with Gasteiger partial charge in [0.05, 0.1) is 4.90 Å². The first kappa shape index (κ1) is 20.1. The molecular formula is C23H29N3O2S. The Morgan fingerprint density at radius 2 is 1.66 bits per heavy atom. The van der Waals surface area contributed by atoms with Gasteiger partial charge in [-0.05, 0) is 105 Å². The van der Waals surface area contributed by atoms with E-state index in [0.717, 1.165) is 61.9 Å². The number of anilines is 1. The molecular weight excluding hydrogens is 382 g/mol. The minimum atomic E-state index is -1.60. The number of carbonyl (C=O) groups excluding carboxylic acids is 1. The first-order valence-corrected chi connectivity index (χ1v) is 11.5. The van der Waals surface area contributed by atoms with E-state index in [1.165, 1.54) is 22.3 Å². The molecule has 1 atom stereocenters. The molecule has 154 valence electrons. The SMILES string of the molecule is Cc1cc(CN(C)C)cc(S(=O)NC(=O)Nc2c3c(cc4c2CCC4)CCC3)c1. The van der Waals surface area contributed by atoms with E-state index in [1.807, 2.05) is 33.2 Å². The molecule has 6 heteroatoms. The summed E-state index contributed by atoms with van der Waals surface area (Å²) in [6, 6.07) is 7.80. The van der Waals surface area contributed by atoms with Crippen molar-refractivity contribution in [1.29, 1.82) is 0 Å². The highest BCUT2D eigenvalue weighted by Crippen LogP contribution is 2.38. The van der Waals surface area contributed by atoms with Crippen molar-refractivity contribution in [3.63, 3.8) is 0 Å². The van der Waals surface area contributed by atoms with E-state index < -0.39 is 17.0 Å². The van der Waals surface area contributed by atoms with Crippen molar-refractivity contribution >= 4 is 22.7 Å². The molecule has 0 aromatic heterocycles. The second kappa shape index (κ2) is 8.28. The van der Waals surface area contributed by atoms with Gasteiger partial charge in [0.1, 0.15) is 0 Å². The predicted molar refractivity (Wildman–Crippen MR) is 118 cm³/mol. The number of amides is 2. The molecule has 2 aliphatic rings. The van der Waals surface area contributed by atoms with Gasteiger partial charge >= 0.3 is 6.03 Å². The highest BCUT2D eigenvalue weighted by molar-refractivity contribution is 7.83. The molecule has 5 nitrogen and oxygen atoms in total. The van der Waals surface area contributed by atoms with Crippen LogP contribution in [-0.2, 0) is 43.2 Å². The summed E-state index contributed by atoms with van der Waals surface area (Å²) in [7, 11) is 2.40. The van der Waals surface area contributed by atoms with Gasteiger partial charge < -0.3 is 10.2 Å². The van der Waals surface area contributed by atoms with E-state index in [-0.39, 0.29) is 0 Å². The highest BCUT2D eigenvalue weighted by atomic mass is 32.2. The van der Waals surface area contributed by atoms with Gasteiger partial charge in [-0.2, -0.15) is 0 Å². The topological polar surface area (TPSA) is 61.4 Å². The Labute approximate surface area is 175 Å². The molecule has 0 heterocycles. The quantitative estimate of drug-likeness (QED) is 0.785. The summed E-state index contributed by atoms with van der Waals surface area (Å²) in [5.41, 5.74) is 8.38. The van der Waals surface area contributed by atoms with Gasteiger partial charge in [-0.3, -0.25) is 4.72 Å². The number of hydrogen-bond acceptors (Lipinski definition) is 3. The fourth-order valence-electron chi connectivity index (χ4n) is 4.64. The average Bonchev–Trinajstić information content (AvgIpc) is 3.29. The number of fused-ring (bicyclic) bond motifs is 2. The maximum absolute atomic E-state index is 12.8. The van der Waals surface area contributed by atoms with Crippen LogP contribution in [0.1, 0.15) is 46.2 Å². The Morgan fingerprint density at radius 1 is 1.00 bits per heavy atom. The second-order valence-corrected chi connectivity index (χ2v) is 9.66. The van der Waals surface area contributed by atoms with Gasteiger partial charge in [-0.25, -0.2) is 9.00 Å². The number of aryl methyl sites for hydroxylation is 3. The van der Waals surface area contributed by atoms with E-state index in [9.17, 15) is 9.00 Å². The van der Waals surface area contributed by atoms with Gasteiger partial charge in [0.25, 0.3) is 0 Å². The number of nitrogens with zero attached hydrogens (tertiary/aromatic N) is 1. The minimum Gasteiger partial charge on any atom is -0.307 e. The molecule has 2 aromatic carbocycles. The third kappa shape index (κ3) is 4.38. The van der Waals surface area contributed by atoms with Crippen molar-refractivity contribution < 1.29 is 9.00 Å². The predicted octanol–water partition coefficient (Wildman–Crippen LogP) is 3.88. The fourth-order valence-corrected chi connectivity index (χ4v) is 5.53. The van der Waals surface area contributed by atoms with Gasteiger partial charge in [-0.15, -0.1) is 0 Å². The number of rotatable bonds is 5. The van der Waals surface area contributed by atoms with Crippen molar-refractivity contribution in [3.05, 3.63) is 57.6 Å². The highest BCUT2D eigenvalue weighted by Gasteiger charge is 2.25. The molecule has 1 unspecified atom stereocenters. The molecule has 0 spiro atoms. The molecule has 2 aliphatic carbocycles. The smallest absolute Gasteiger partial charge is 0.307 e. The summed E-state index contributed by atoms with van der Waals surface area (Å²) in [6.45, 7) is 2.75. The molecule has 0 fully saturated rings. The Morgan fingerprint density at radius 3 is 2.28 bits per heavy atom. The van der Waals surface area contributed by atoms with Crippen LogP contribution < -0.4 is 10.0 Å². The Balaban J connectivity index is 1.52. The second-order valence-electron chi connectivity index (χ2n) is 8.45. The van der Waals surface area contributed by atoms with Gasteiger partial charge in [-0.1, -0.05) is 12.1 Å². The van der Waals surface area contributed by atoms with Crippen LogP contribution in [0.15, 0.2) is 29.2 Å². The minimum absolute atomic E-state index is 0.395. The summed E-state index contributed by atoms with van der Waals surface area (Å²) in [6.07, 6.45) is 6.46. The van der Waals surface area contributed by atoms with E-state index >= 15 is 0 Å². The first-order chi connectivity index (χ1) is 13.9. The van der Waals surface area contributed by atoms with Crippen molar-refractivity contribution in [2.24, 2.45) is 0 Å². The van der Waals surface area contributed by atoms with Crippen LogP contribution in [0, 0.1) is 6.92 Å². The van der Waals surface area contributed by atoms with Crippen molar-refractivity contribution in [3.8, 4) is 0 Å². The van der Waals surface area contributed by atoms with Crippen molar-refractivity contribution in [2.45, 2.75) is 56.9 Å². The lowest BCUT2D eigenvalue weighted by Crippen LogP contribution is -2.31. The molecule has 0 saturated heterocycles. The zero-order chi connectivity index (χ0) is 20.5. The first-order valence-electron chi connectivity index (χ1n) is 10.3. The van der Waals surface area contributed by atoms with E-state index in [4.69, 9.17) is 0 Å². The lowest BCUT2D eigenvalue weighted by Gasteiger charge is -2.17. The summed E-state index contributed by atoms with van der Waals surface area (Å²) in [5.74, 6) is 0. The van der Waals surface area contributed by atoms with Crippen molar-refractivity contribution in [1.82, 2.24) is 9.62 Å². The molecule has 0 radical (unpaired) electrons. The number of nitrogens with one attached hydrogen (secondary N) is 2. The lowest BCUT2D eigenvalue weighted by molar-refractivity contribution is 0.257. The van der Waals surface area contributed by atoms with Crippen LogP contribution in [-0.4, -0.2) is 29.2 Å². The number of benzene rings is 2. The summed E-state index contributed by atoms with van der Waals surface area (Å²) >= 11 is 0. The van der Waals surface area contributed by atoms with E-state index in [0.29, 0.717) is 4.90 Å². The van der Waals surface area contributed by atoms with Gasteiger partial charge in [0, 0.05) is 12.2 Å². The van der Waals surface area contributed by atoms with Gasteiger partial charge in [0.15, 0.2) is 11.0 Å². The zero-order valence-electron chi connectivity index (χ0n) is 17.4. The third-order valence-corrected chi connectivity index (χ3v) is 6.76. The fraction of sp³-hybridized carbons (Fsp3) is 0.435. The summed E-state index contributed by atoms with van der Waals surface area (Å²) in [5, 5.41) is 3.05.